The van der Waals surface area contributed by atoms with Crippen molar-refractivity contribution in [1.29, 1.82) is 0 Å². The number of nitrogens with zero attached hydrogens (tertiary/aromatic N) is 4. The molecule has 2 aromatic rings. The molecule has 2 heterocycles. The van der Waals surface area contributed by atoms with Crippen LogP contribution in [-0.2, 0) is 6.54 Å². The van der Waals surface area contributed by atoms with Crippen LogP contribution in [0, 0.1) is 6.92 Å². The zero-order chi connectivity index (χ0) is 11.4. The van der Waals surface area contributed by atoms with Crippen molar-refractivity contribution in [2.75, 3.05) is 5.32 Å². The van der Waals surface area contributed by atoms with Gasteiger partial charge in [-0.25, -0.2) is 4.98 Å². The van der Waals surface area contributed by atoms with E-state index in [-0.39, 0.29) is 0 Å². The van der Waals surface area contributed by atoms with Gasteiger partial charge >= 0.3 is 0 Å². The Bertz CT molecular complexity index is 471. The van der Waals surface area contributed by atoms with Crippen LogP contribution in [0.25, 0.3) is 0 Å². The molecule has 6 heteroatoms. The van der Waals surface area contributed by atoms with E-state index in [1.807, 2.05) is 6.92 Å². The van der Waals surface area contributed by atoms with Crippen LogP contribution in [0.3, 0.4) is 0 Å². The van der Waals surface area contributed by atoms with Gasteiger partial charge in [-0.2, -0.15) is 0 Å². The van der Waals surface area contributed by atoms with Crippen LogP contribution < -0.4 is 5.32 Å². The molecule has 0 aromatic carbocycles. The Balaban J connectivity index is 1.99. The van der Waals surface area contributed by atoms with Crippen LogP contribution in [-0.4, -0.2) is 19.9 Å². The van der Waals surface area contributed by atoms with E-state index < -0.39 is 0 Å². The summed E-state index contributed by atoms with van der Waals surface area (Å²) in [7, 11) is 0. The molecule has 0 aliphatic rings. The van der Waals surface area contributed by atoms with Gasteiger partial charge in [0.25, 0.3) is 0 Å². The second kappa shape index (κ2) is 4.85. The third-order valence-corrected chi connectivity index (χ3v) is 2.07. The van der Waals surface area contributed by atoms with Gasteiger partial charge in [-0.15, -0.1) is 0 Å². The van der Waals surface area contributed by atoms with Crippen molar-refractivity contribution in [2.24, 2.45) is 0 Å². The van der Waals surface area contributed by atoms with E-state index in [9.17, 15) is 0 Å². The molecular weight excluding hydrogens is 226 g/mol. The van der Waals surface area contributed by atoms with E-state index in [0.29, 0.717) is 17.5 Å². The average molecular weight is 236 g/mol. The topological polar surface area (TPSA) is 63.6 Å². The van der Waals surface area contributed by atoms with E-state index in [0.717, 1.165) is 11.4 Å². The van der Waals surface area contributed by atoms with Crippen LogP contribution in [0.2, 0.25) is 5.15 Å². The Labute approximate surface area is 98.0 Å². The molecule has 0 unspecified atom stereocenters. The van der Waals surface area contributed by atoms with Gasteiger partial charge < -0.3 is 5.32 Å². The maximum atomic E-state index is 5.71. The summed E-state index contributed by atoms with van der Waals surface area (Å²) >= 11 is 5.71. The molecule has 2 aromatic heterocycles. The molecule has 5 nitrogen and oxygen atoms in total. The van der Waals surface area contributed by atoms with Crippen LogP contribution in [0.15, 0.2) is 24.8 Å². The molecule has 1 N–H and O–H groups in total. The number of hydrogen-bond acceptors (Lipinski definition) is 5. The lowest BCUT2D eigenvalue weighted by atomic mass is 10.4. The van der Waals surface area contributed by atoms with Crippen LogP contribution in [0.1, 0.15) is 11.4 Å². The van der Waals surface area contributed by atoms with Gasteiger partial charge in [0, 0.05) is 6.20 Å². The Morgan fingerprint density at radius 2 is 2.06 bits per heavy atom. The number of aromatic nitrogens is 4. The first-order valence-corrected chi connectivity index (χ1v) is 5.11. The molecule has 0 aliphatic carbocycles. The molecule has 0 atom stereocenters. The summed E-state index contributed by atoms with van der Waals surface area (Å²) in [5.41, 5.74) is 1.73. The number of hydrogen-bond donors (Lipinski definition) is 1. The fourth-order valence-corrected chi connectivity index (χ4v) is 1.27. The molecule has 0 bridgehead atoms. The van der Waals surface area contributed by atoms with E-state index in [2.05, 4.69) is 25.3 Å². The monoisotopic (exact) mass is 235 g/mol. The number of aryl methyl sites for hydroxylation is 1. The molecule has 0 saturated heterocycles. The van der Waals surface area contributed by atoms with Crippen LogP contribution in [0.5, 0.6) is 0 Å². The highest BCUT2D eigenvalue weighted by molar-refractivity contribution is 6.29. The smallest absolute Gasteiger partial charge is 0.149 e. The predicted octanol–water partition coefficient (Wildman–Crippen LogP) is 1.84. The van der Waals surface area contributed by atoms with Crippen molar-refractivity contribution in [3.8, 4) is 0 Å². The molecule has 0 saturated carbocycles. The summed E-state index contributed by atoms with van der Waals surface area (Å²) in [4.78, 5) is 16.3. The summed E-state index contributed by atoms with van der Waals surface area (Å²) < 4.78 is 0. The standard InChI is InChI=1S/C10H10ClN5/c1-7-2-14-8(3-13-7)4-15-10-6-12-5-9(11)16-10/h2-3,5-6H,4H2,1H3,(H,15,16). The lowest BCUT2D eigenvalue weighted by Gasteiger charge is -2.04. The zero-order valence-corrected chi connectivity index (χ0v) is 9.44. The first kappa shape index (κ1) is 10.8. The molecule has 82 valence electrons. The highest BCUT2D eigenvalue weighted by Crippen LogP contribution is 2.07. The summed E-state index contributed by atoms with van der Waals surface area (Å²) in [6.07, 6.45) is 6.53. The van der Waals surface area contributed by atoms with Gasteiger partial charge in [0.1, 0.15) is 11.0 Å². The molecule has 0 amide bonds. The van der Waals surface area contributed by atoms with Gasteiger partial charge in [0.2, 0.25) is 0 Å². The average Bonchev–Trinajstić information content (AvgIpc) is 2.28. The fraction of sp³-hybridized carbons (Fsp3) is 0.200. The fourth-order valence-electron chi connectivity index (χ4n) is 1.12. The summed E-state index contributed by atoms with van der Waals surface area (Å²) in [5, 5.41) is 3.42. The van der Waals surface area contributed by atoms with E-state index in [1.54, 1.807) is 18.6 Å². The minimum atomic E-state index is 0.361. The van der Waals surface area contributed by atoms with Crippen LogP contribution in [0.4, 0.5) is 5.82 Å². The third-order valence-electron chi connectivity index (χ3n) is 1.89. The van der Waals surface area contributed by atoms with Gasteiger partial charge in [0.15, 0.2) is 0 Å². The molecule has 2 rings (SSSR count). The van der Waals surface area contributed by atoms with Crippen molar-refractivity contribution < 1.29 is 0 Å². The number of rotatable bonds is 3. The number of halogens is 1. The molecule has 0 fully saturated rings. The van der Waals surface area contributed by atoms with Gasteiger partial charge in [0.05, 0.1) is 36.5 Å². The lowest BCUT2D eigenvalue weighted by Crippen LogP contribution is -2.04. The van der Waals surface area contributed by atoms with E-state index >= 15 is 0 Å². The minimum Gasteiger partial charge on any atom is -0.363 e. The molecule has 0 radical (unpaired) electrons. The zero-order valence-electron chi connectivity index (χ0n) is 8.68. The van der Waals surface area contributed by atoms with E-state index in [1.165, 1.54) is 6.20 Å². The maximum absolute atomic E-state index is 5.71. The first-order chi connectivity index (χ1) is 7.74. The minimum absolute atomic E-state index is 0.361. The Morgan fingerprint density at radius 3 is 2.75 bits per heavy atom. The van der Waals surface area contributed by atoms with Gasteiger partial charge in [-0.1, -0.05) is 11.6 Å². The van der Waals surface area contributed by atoms with Crippen molar-refractivity contribution >= 4 is 17.4 Å². The Kier molecular flexibility index (Phi) is 3.26. The van der Waals surface area contributed by atoms with Gasteiger partial charge in [-0.05, 0) is 6.92 Å². The molecule has 0 spiro atoms. The van der Waals surface area contributed by atoms with E-state index in [4.69, 9.17) is 11.6 Å². The number of anilines is 1. The second-order valence-corrected chi connectivity index (χ2v) is 3.62. The summed E-state index contributed by atoms with van der Waals surface area (Å²) in [6.45, 7) is 2.44. The second-order valence-electron chi connectivity index (χ2n) is 3.23. The largest absolute Gasteiger partial charge is 0.363 e. The SMILES string of the molecule is Cc1cnc(CNc2cncc(Cl)n2)cn1. The Hall–Kier alpha value is -1.75. The maximum Gasteiger partial charge on any atom is 0.149 e. The van der Waals surface area contributed by atoms with Crippen molar-refractivity contribution in [3.63, 3.8) is 0 Å². The van der Waals surface area contributed by atoms with Crippen molar-refractivity contribution in [3.05, 3.63) is 41.3 Å². The molecule has 0 aliphatic heterocycles. The quantitative estimate of drug-likeness (QED) is 0.880. The highest BCUT2D eigenvalue weighted by Gasteiger charge is 1.98. The van der Waals surface area contributed by atoms with Gasteiger partial charge in [-0.3, -0.25) is 15.0 Å². The molecular formula is C10H10ClN5. The van der Waals surface area contributed by atoms with Crippen molar-refractivity contribution in [1.82, 2.24) is 19.9 Å². The molecule has 16 heavy (non-hydrogen) atoms. The summed E-state index contributed by atoms with van der Waals surface area (Å²) in [6, 6.07) is 0. The summed E-state index contributed by atoms with van der Waals surface area (Å²) in [5.74, 6) is 0.620. The third kappa shape index (κ3) is 2.87. The predicted molar refractivity (Wildman–Crippen MR) is 61.1 cm³/mol. The Morgan fingerprint density at radius 1 is 1.19 bits per heavy atom. The van der Waals surface area contributed by atoms with Crippen LogP contribution >= 0.6 is 11.6 Å². The highest BCUT2D eigenvalue weighted by atomic mass is 35.5. The van der Waals surface area contributed by atoms with Crippen molar-refractivity contribution in [2.45, 2.75) is 13.5 Å². The number of nitrogens with one attached hydrogen (secondary N) is 1. The lowest BCUT2D eigenvalue weighted by molar-refractivity contribution is 0.973. The first-order valence-electron chi connectivity index (χ1n) is 4.73. The normalized spacial score (nSPS) is 10.1.